The van der Waals surface area contributed by atoms with Crippen LogP contribution in [0.4, 0.5) is 0 Å². The van der Waals surface area contributed by atoms with Gasteiger partial charge in [0, 0.05) is 36.0 Å². The van der Waals surface area contributed by atoms with Crippen molar-refractivity contribution in [2.24, 2.45) is 0 Å². The average Bonchev–Trinajstić information content (AvgIpc) is 3.12. The van der Waals surface area contributed by atoms with Crippen molar-refractivity contribution >= 4 is 22.6 Å². The summed E-state index contributed by atoms with van der Waals surface area (Å²) in [5.41, 5.74) is 1.27. The standard InChI is InChI=1S/C20H19N3O3/c24-19(17-12-22-18-6-2-1-5-16(17)18)20(25)23-11-3-4-15(13-23)26-14-7-9-21-10-8-14/h1-2,5-10,12,15,22H,3-4,11,13H2. The molecule has 1 N–H and O–H groups in total. The molecule has 0 spiro atoms. The zero-order chi connectivity index (χ0) is 17.9. The molecule has 0 saturated carbocycles. The monoisotopic (exact) mass is 349 g/mol. The summed E-state index contributed by atoms with van der Waals surface area (Å²) in [6.45, 7) is 0.985. The number of piperidine rings is 1. The molecule has 1 atom stereocenters. The number of rotatable bonds is 4. The molecule has 1 saturated heterocycles. The Kier molecular flexibility index (Phi) is 4.39. The minimum atomic E-state index is -0.480. The van der Waals surface area contributed by atoms with Crippen LogP contribution in [0, 0.1) is 0 Å². The second-order valence-electron chi connectivity index (χ2n) is 6.39. The van der Waals surface area contributed by atoms with Crippen LogP contribution in [0.25, 0.3) is 10.9 Å². The molecule has 1 aromatic carbocycles. The van der Waals surface area contributed by atoms with Crippen molar-refractivity contribution in [3.63, 3.8) is 0 Å². The number of Topliss-reactive ketones (excluding diaryl/α,β-unsaturated/α-hetero) is 1. The van der Waals surface area contributed by atoms with Crippen molar-refractivity contribution < 1.29 is 14.3 Å². The number of carbonyl (C=O) groups excluding carboxylic acids is 2. The van der Waals surface area contributed by atoms with Gasteiger partial charge in [-0.25, -0.2) is 0 Å². The van der Waals surface area contributed by atoms with Crippen molar-refractivity contribution in [1.29, 1.82) is 0 Å². The second kappa shape index (κ2) is 7.00. The number of carbonyl (C=O) groups is 2. The zero-order valence-electron chi connectivity index (χ0n) is 14.2. The minimum absolute atomic E-state index is 0.120. The van der Waals surface area contributed by atoms with Crippen LogP contribution in [-0.4, -0.2) is 45.8 Å². The first-order valence-corrected chi connectivity index (χ1v) is 8.69. The van der Waals surface area contributed by atoms with Crippen LogP contribution >= 0.6 is 0 Å². The van der Waals surface area contributed by atoms with Gasteiger partial charge < -0.3 is 14.6 Å². The van der Waals surface area contributed by atoms with E-state index in [0.717, 1.165) is 29.5 Å². The van der Waals surface area contributed by atoms with Gasteiger partial charge in [-0.05, 0) is 31.0 Å². The molecule has 132 valence electrons. The summed E-state index contributed by atoms with van der Waals surface area (Å²) in [7, 11) is 0. The second-order valence-corrected chi connectivity index (χ2v) is 6.39. The van der Waals surface area contributed by atoms with E-state index in [0.29, 0.717) is 18.7 Å². The smallest absolute Gasteiger partial charge is 0.295 e. The van der Waals surface area contributed by atoms with Gasteiger partial charge in [-0.3, -0.25) is 14.6 Å². The lowest BCUT2D eigenvalue weighted by atomic mass is 10.0. The van der Waals surface area contributed by atoms with E-state index in [1.807, 2.05) is 24.3 Å². The van der Waals surface area contributed by atoms with Gasteiger partial charge in [-0.2, -0.15) is 0 Å². The molecule has 3 aromatic rings. The maximum atomic E-state index is 12.7. The van der Waals surface area contributed by atoms with E-state index in [1.54, 1.807) is 35.6 Å². The number of fused-ring (bicyclic) bond motifs is 1. The molecule has 1 fully saturated rings. The summed E-state index contributed by atoms with van der Waals surface area (Å²) in [5, 5.41) is 0.771. The number of aromatic nitrogens is 2. The number of H-pyrrole nitrogens is 1. The van der Waals surface area contributed by atoms with Gasteiger partial charge in [0.05, 0.1) is 12.1 Å². The first-order chi connectivity index (χ1) is 12.7. The Morgan fingerprint density at radius 3 is 2.81 bits per heavy atom. The van der Waals surface area contributed by atoms with Gasteiger partial charge in [0.2, 0.25) is 0 Å². The van der Waals surface area contributed by atoms with Crippen molar-refractivity contribution in [1.82, 2.24) is 14.9 Å². The molecule has 6 heteroatoms. The first-order valence-electron chi connectivity index (χ1n) is 8.69. The van der Waals surface area contributed by atoms with E-state index in [1.165, 1.54) is 0 Å². The molecule has 1 amide bonds. The van der Waals surface area contributed by atoms with Gasteiger partial charge in [-0.1, -0.05) is 18.2 Å². The van der Waals surface area contributed by atoms with E-state index >= 15 is 0 Å². The average molecular weight is 349 g/mol. The molecule has 0 radical (unpaired) electrons. The maximum Gasteiger partial charge on any atom is 0.295 e. The number of pyridine rings is 1. The molecule has 1 aliphatic heterocycles. The summed E-state index contributed by atoms with van der Waals surface area (Å²) in [4.78, 5) is 34.1. The number of benzene rings is 1. The summed E-state index contributed by atoms with van der Waals surface area (Å²) in [5.74, 6) is -0.230. The van der Waals surface area contributed by atoms with Crippen LogP contribution < -0.4 is 4.74 Å². The predicted molar refractivity (Wildman–Crippen MR) is 97.1 cm³/mol. The number of nitrogens with zero attached hydrogens (tertiary/aromatic N) is 2. The lowest BCUT2D eigenvalue weighted by molar-refractivity contribution is -0.128. The highest BCUT2D eigenvalue weighted by atomic mass is 16.5. The highest BCUT2D eigenvalue weighted by Crippen LogP contribution is 2.21. The number of para-hydroxylation sites is 1. The van der Waals surface area contributed by atoms with Gasteiger partial charge in [0.15, 0.2) is 0 Å². The normalized spacial score (nSPS) is 17.2. The van der Waals surface area contributed by atoms with Crippen LogP contribution in [0.2, 0.25) is 0 Å². The van der Waals surface area contributed by atoms with Crippen LogP contribution in [0.3, 0.4) is 0 Å². The first kappa shape index (κ1) is 16.3. The number of ketones is 1. The molecule has 26 heavy (non-hydrogen) atoms. The number of aromatic amines is 1. The van der Waals surface area contributed by atoms with E-state index in [4.69, 9.17) is 4.74 Å². The fourth-order valence-corrected chi connectivity index (χ4v) is 3.35. The van der Waals surface area contributed by atoms with Crippen molar-refractivity contribution in [2.45, 2.75) is 18.9 Å². The van der Waals surface area contributed by atoms with E-state index in [2.05, 4.69) is 9.97 Å². The third-order valence-electron chi connectivity index (χ3n) is 4.65. The van der Waals surface area contributed by atoms with Crippen LogP contribution in [0.1, 0.15) is 23.2 Å². The van der Waals surface area contributed by atoms with Gasteiger partial charge in [0.25, 0.3) is 11.7 Å². The topological polar surface area (TPSA) is 75.3 Å². The predicted octanol–water partition coefficient (Wildman–Crippen LogP) is 2.82. The molecule has 0 aliphatic carbocycles. The molecule has 3 heterocycles. The van der Waals surface area contributed by atoms with Crippen LogP contribution in [0.5, 0.6) is 5.75 Å². The molecular weight excluding hydrogens is 330 g/mol. The number of ether oxygens (including phenoxy) is 1. The van der Waals surface area contributed by atoms with Crippen LogP contribution in [0.15, 0.2) is 55.0 Å². The van der Waals surface area contributed by atoms with Crippen molar-refractivity contribution in [3.8, 4) is 5.75 Å². The largest absolute Gasteiger partial charge is 0.488 e. The van der Waals surface area contributed by atoms with Crippen LogP contribution in [-0.2, 0) is 4.79 Å². The van der Waals surface area contributed by atoms with Crippen molar-refractivity contribution in [3.05, 3.63) is 60.6 Å². The van der Waals surface area contributed by atoms with E-state index in [-0.39, 0.29) is 6.10 Å². The Hall–Kier alpha value is -3.15. The molecule has 4 rings (SSSR count). The Morgan fingerprint density at radius 2 is 1.96 bits per heavy atom. The molecule has 2 aromatic heterocycles. The molecular formula is C20H19N3O3. The Bertz CT molecular complexity index is 936. The number of hydrogen-bond donors (Lipinski definition) is 1. The summed E-state index contributed by atoms with van der Waals surface area (Å²) in [6, 6.07) is 11.1. The number of amides is 1. The lowest BCUT2D eigenvalue weighted by Crippen LogP contribution is -2.46. The van der Waals surface area contributed by atoms with Crippen molar-refractivity contribution in [2.75, 3.05) is 13.1 Å². The SMILES string of the molecule is O=C(C(=O)N1CCCC(Oc2ccncc2)C1)c1c[nH]c2ccccc12. The third-order valence-corrected chi connectivity index (χ3v) is 4.65. The lowest BCUT2D eigenvalue weighted by Gasteiger charge is -2.32. The fourth-order valence-electron chi connectivity index (χ4n) is 3.35. The molecule has 1 aliphatic rings. The molecule has 0 bridgehead atoms. The molecule has 1 unspecified atom stereocenters. The highest BCUT2D eigenvalue weighted by molar-refractivity contribution is 6.44. The Morgan fingerprint density at radius 1 is 1.15 bits per heavy atom. The Balaban J connectivity index is 1.48. The summed E-state index contributed by atoms with van der Waals surface area (Å²) < 4.78 is 5.93. The van der Waals surface area contributed by atoms with E-state index < -0.39 is 11.7 Å². The maximum absolute atomic E-state index is 12.7. The van der Waals surface area contributed by atoms with Gasteiger partial charge in [0.1, 0.15) is 11.9 Å². The summed E-state index contributed by atoms with van der Waals surface area (Å²) >= 11 is 0. The fraction of sp³-hybridized carbons (Fsp3) is 0.250. The number of likely N-dealkylation sites (tertiary alicyclic amines) is 1. The molecule has 6 nitrogen and oxygen atoms in total. The number of nitrogens with one attached hydrogen (secondary N) is 1. The van der Waals surface area contributed by atoms with E-state index in [9.17, 15) is 9.59 Å². The van der Waals surface area contributed by atoms with Gasteiger partial charge >= 0.3 is 0 Å². The van der Waals surface area contributed by atoms with Gasteiger partial charge in [-0.15, -0.1) is 0 Å². The highest BCUT2D eigenvalue weighted by Gasteiger charge is 2.30. The minimum Gasteiger partial charge on any atom is -0.488 e. The zero-order valence-corrected chi connectivity index (χ0v) is 14.2. The third kappa shape index (κ3) is 3.18. The number of hydrogen-bond acceptors (Lipinski definition) is 4. The Labute approximate surface area is 150 Å². The quantitative estimate of drug-likeness (QED) is 0.580. The summed E-state index contributed by atoms with van der Waals surface area (Å²) in [6.07, 6.45) is 6.49.